The van der Waals surface area contributed by atoms with E-state index in [0.29, 0.717) is 0 Å². The van der Waals surface area contributed by atoms with E-state index in [1.807, 2.05) is 6.07 Å². The van der Waals surface area contributed by atoms with E-state index in [0.717, 1.165) is 22.9 Å². The van der Waals surface area contributed by atoms with Crippen LogP contribution in [0.15, 0.2) is 12.1 Å². The molecule has 18 heavy (non-hydrogen) atoms. The molecule has 0 heterocycles. The maximum absolute atomic E-state index is 6.31. The molecule has 1 aliphatic rings. The summed E-state index contributed by atoms with van der Waals surface area (Å²) in [6.45, 7) is 4.22. The third-order valence-electron chi connectivity index (χ3n) is 4.37. The fraction of sp³-hybridized carbons (Fsp3) is 0.625. The van der Waals surface area contributed by atoms with Crippen molar-refractivity contribution in [1.29, 1.82) is 0 Å². The Balaban J connectivity index is 1.99. The molecular formula is C16H24ClN. The van der Waals surface area contributed by atoms with Crippen LogP contribution < -0.4 is 5.73 Å². The van der Waals surface area contributed by atoms with E-state index in [4.69, 9.17) is 17.3 Å². The van der Waals surface area contributed by atoms with Gasteiger partial charge < -0.3 is 5.73 Å². The van der Waals surface area contributed by atoms with Gasteiger partial charge in [0.25, 0.3) is 0 Å². The molecule has 0 radical (unpaired) electrons. The lowest BCUT2D eigenvalue weighted by Crippen LogP contribution is -2.13. The van der Waals surface area contributed by atoms with Crippen molar-refractivity contribution in [2.45, 2.75) is 58.4 Å². The predicted octanol–water partition coefficient (Wildman–Crippen LogP) is 4.93. The molecule has 1 nitrogen and oxygen atoms in total. The molecule has 0 bridgehead atoms. The zero-order valence-corrected chi connectivity index (χ0v) is 12.3. The minimum atomic E-state index is 0.0948. The maximum Gasteiger partial charge on any atom is 0.0456 e. The predicted molar refractivity (Wildman–Crippen MR) is 79.0 cm³/mol. The van der Waals surface area contributed by atoms with Crippen molar-refractivity contribution in [2.75, 3.05) is 0 Å². The summed E-state index contributed by atoms with van der Waals surface area (Å²) in [6, 6.07) is 4.30. The monoisotopic (exact) mass is 265 g/mol. The van der Waals surface area contributed by atoms with Crippen LogP contribution in [0.4, 0.5) is 0 Å². The molecule has 2 heteroatoms. The third-order valence-corrected chi connectivity index (χ3v) is 4.70. The zero-order chi connectivity index (χ0) is 13.1. The molecule has 0 spiro atoms. The van der Waals surface area contributed by atoms with Crippen LogP contribution in [0.2, 0.25) is 5.02 Å². The highest BCUT2D eigenvalue weighted by atomic mass is 35.5. The van der Waals surface area contributed by atoms with Gasteiger partial charge in [0.15, 0.2) is 0 Å². The van der Waals surface area contributed by atoms with Crippen molar-refractivity contribution in [3.63, 3.8) is 0 Å². The second kappa shape index (κ2) is 6.08. The Bertz CT molecular complexity index is 408. The highest BCUT2D eigenvalue weighted by molar-refractivity contribution is 6.31. The van der Waals surface area contributed by atoms with Gasteiger partial charge in [-0.05, 0) is 55.4 Å². The average molecular weight is 266 g/mol. The first-order chi connectivity index (χ1) is 8.58. The van der Waals surface area contributed by atoms with Crippen molar-refractivity contribution in [1.82, 2.24) is 0 Å². The molecule has 0 aliphatic heterocycles. The number of hydrogen-bond donors (Lipinski definition) is 1. The molecule has 1 aliphatic carbocycles. The minimum Gasteiger partial charge on any atom is -0.324 e. The van der Waals surface area contributed by atoms with Gasteiger partial charge in [-0.3, -0.25) is 0 Å². The summed E-state index contributed by atoms with van der Waals surface area (Å²) in [6.07, 6.45) is 7.92. The molecule has 0 amide bonds. The van der Waals surface area contributed by atoms with Crippen molar-refractivity contribution < 1.29 is 0 Å². The topological polar surface area (TPSA) is 26.0 Å². The average Bonchev–Trinajstić information content (AvgIpc) is 2.84. The van der Waals surface area contributed by atoms with Gasteiger partial charge in [0.1, 0.15) is 0 Å². The Hall–Kier alpha value is -0.530. The second-order valence-corrected chi connectivity index (χ2v) is 6.20. The number of benzene rings is 1. The van der Waals surface area contributed by atoms with E-state index in [2.05, 4.69) is 19.9 Å². The van der Waals surface area contributed by atoms with Crippen molar-refractivity contribution in [2.24, 2.45) is 11.7 Å². The SMILES string of the molecule is Cc1cc(Cl)c(C(N)CCC2CCCC2)cc1C. The highest BCUT2D eigenvalue weighted by Gasteiger charge is 2.18. The molecular weight excluding hydrogens is 242 g/mol. The van der Waals surface area contributed by atoms with E-state index >= 15 is 0 Å². The summed E-state index contributed by atoms with van der Waals surface area (Å²) in [5.74, 6) is 0.904. The summed E-state index contributed by atoms with van der Waals surface area (Å²) in [4.78, 5) is 0. The molecule has 2 rings (SSSR count). The number of rotatable bonds is 4. The van der Waals surface area contributed by atoms with Gasteiger partial charge >= 0.3 is 0 Å². The number of halogens is 1. The largest absolute Gasteiger partial charge is 0.324 e. The number of aryl methyl sites for hydroxylation is 2. The van der Waals surface area contributed by atoms with Gasteiger partial charge in [-0.2, -0.15) is 0 Å². The first-order valence-corrected chi connectivity index (χ1v) is 7.48. The van der Waals surface area contributed by atoms with Gasteiger partial charge in [-0.1, -0.05) is 43.4 Å². The molecule has 1 saturated carbocycles. The quantitative estimate of drug-likeness (QED) is 0.821. The first kappa shape index (κ1) is 13.9. The van der Waals surface area contributed by atoms with Crippen LogP contribution in [-0.4, -0.2) is 0 Å². The van der Waals surface area contributed by atoms with E-state index in [9.17, 15) is 0 Å². The third kappa shape index (κ3) is 3.27. The molecule has 0 saturated heterocycles. The molecule has 1 atom stereocenters. The lowest BCUT2D eigenvalue weighted by Gasteiger charge is -2.17. The molecule has 1 unspecified atom stereocenters. The summed E-state index contributed by atoms with van der Waals surface area (Å²) < 4.78 is 0. The summed E-state index contributed by atoms with van der Waals surface area (Å²) in [7, 11) is 0. The summed E-state index contributed by atoms with van der Waals surface area (Å²) >= 11 is 6.31. The van der Waals surface area contributed by atoms with Crippen LogP contribution in [0.25, 0.3) is 0 Å². The Morgan fingerprint density at radius 3 is 2.50 bits per heavy atom. The molecule has 2 N–H and O–H groups in total. The van der Waals surface area contributed by atoms with Gasteiger partial charge in [0.2, 0.25) is 0 Å². The maximum atomic E-state index is 6.31. The minimum absolute atomic E-state index is 0.0948. The van der Waals surface area contributed by atoms with Crippen LogP contribution in [0.3, 0.4) is 0 Å². The molecule has 100 valence electrons. The fourth-order valence-corrected chi connectivity index (χ4v) is 3.32. The number of hydrogen-bond acceptors (Lipinski definition) is 1. The van der Waals surface area contributed by atoms with Crippen molar-refractivity contribution in [3.05, 3.63) is 33.8 Å². The molecule has 1 aromatic carbocycles. The van der Waals surface area contributed by atoms with Gasteiger partial charge in [0.05, 0.1) is 0 Å². The second-order valence-electron chi connectivity index (χ2n) is 5.79. The van der Waals surface area contributed by atoms with Crippen molar-refractivity contribution in [3.8, 4) is 0 Å². The number of nitrogens with two attached hydrogens (primary N) is 1. The lowest BCUT2D eigenvalue weighted by molar-refractivity contribution is 0.454. The van der Waals surface area contributed by atoms with Crippen molar-refractivity contribution >= 4 is 11.6 Å². The Kier molecular flexibility index (Phi) is 4.69. The van der Waals surface area contributed by atoms with Gasteiger partial charge in [0, 0.05) is 11.1 Å². The summed E-state index contributed by atoms with van der Waals surface area (Å²) in [5.41, 5.74) is 9.96. The summed E-state index contributed by atoms with van der Waals surface area (Å²) in [5, 5.41) is 0.831. The molecule has 1 aromatic rings. The smallest absolute Gasteiger partial charge is 0.0456 e. The van der Waals surface area contributed by atoms with Crippen LogP contribution >= 0.6 is 11.6 Å². The zero-order valence-electron chi connectivity index (χ0n) is 11.5. The van der Waals surface area contributed by atoms with Gasteiger partial charge in [-0.15, -0.1) is 0 Å². The molecule has 0 aromatic heterocycles. The van der Waals surface area contributed by atoms with E-state index in [1.54, 1.807) is 0 Å². The van der Waals surface area contributed by atoms with Crippen LogP contribution in [0, 0.1) is 19.8 Å². The van der Waals surface area contributed by atoms with E-state index in [-0.39, 0.29) is 6.04 Å². The van der Waals surface area contributed by atoms with E-state index in [1.165, 1.54) is 43.2 Å². The Labute approximate surface area is 116 Å². The Morgan fingerprint density at radius 1 is 1.22 bits per heavy atom. The van der Waals surface area contributed by atoms with Gasteiger partial charge in [-0.25, -0.2) is 0 Å². The van der Waals surface area contributed by atoms with Crippen LogP contribution in [-0.2, 0) is 0 Å². The van der Waals surface area contributed by atoms with E-state index < -0.39 is 0 Å². The van der Waals surface area contributed by atoms with Crippen LogP contribution in [0.5, 0.6) is 0 Å². The van der Waals surface area contributed by atoms with Crippen LogP contribution in [0.1, 0.15) is 61.3 Å². The Morgan fingerprint density at radius 2 is 1.83 bits per heavy atom. The molecule has 1 fully saturated rings. The normalized spacial score (nSPS) is 18.2. The highest BCUT2D eigenvalue weighted by Crippen LogP contribution is 2.33. The lowest BCUT2D eigenvalue weighted by atomic mass is 9.94. The standard InChI is InChI=1S/C16H24ClN/c1-11-9-14(15(17)10-12(11)2)16(18)8-7-13-5-3-4-6-13/h9-10,13,16H,3-8,18H2,1-2H3. The fourth-order valence-electron chi connectivity index (χ4n) is 2.96. The first-order valence-electron chi connectivity index (χ1n) is 7.10.